The number of hydrogen-bond acceptors (Lipinski definition) is 4. The Hall–Kier alpha value is -1.85. The van der Waals surface area contributed by atoms with E-state index in [1.165, 1.54) is 13.2 Å². The molecule has 0 unspecified atom stereocenters. The Kier molecular flexibility index (Phi) is 8.37. The molecule has 1 amide bonds. The van der Waals surface area contributed by atoms with Gasteiger partial charge in [0.1, 0.15) is 0 Å². The number of allylic oxidation sites excluding steroid dienone is 1. The Labute approximate surface area is 141 Å². The van der Waals surface area contributed by atoms with E-state index in [0.717, 1.165) is 11.1 Å². The molecule has 0 atom stereocenters. The van der Waals surface area contributed by atoms with Crippen LogP contribution < -0.4 is 0 Å². The van der Waals surface area contributed by atoms with E-state index in [4.69, 9.17) is 16.3 Å². The molecule has 0 aliphatic carbocycles. The zero-order valence-electron chi connectivity index (χ0n) is 13.7. The maximum absolute atomic E-state index is 12.4. The second-order valence-corrected chi connectivity index (χ2v) is 5.36. The highest BCUT2D eigenvalue weighted by molar-refractivity contribution is 6.32. The van der Waals surface area contributed by atoms with E-state index in [1.807, 2.05) is 25.1 Å². The number of esters is 1. The van der Waals surface area contributed by atoms with Crippen molar-refractivity contribution in [2.75, 3.05) is 33.9 Å². The van der Waals surface area contributed by atoms with Crippen molar-refractivity contribution in [3.8, 4) is 0 Å². The summed E-state index contributed by atoms with van der Waals surface area (Å²) < 4.78 is 9.62. The molecular weight excluding hydrogens is 318 g/mol. The first-order chi connectivity index (χ1) is 11.0. The average Bonchev–Trinajstić information content (AvgIpc) is 2.54. The molecule has 0 radical (unpaired) electrons. The number of hydrogen-bond donors (Lipinski definition) is 0. The topological polar surface area (TPSA) is 55.8 Å². The third kappa shape index (κ3) is 6.42. The van der Waals surface area contributed by atoms with Crippen molar-refractivity contribution in [2.24, 2.45) is 0 Å². The summed E-state index contributed by atoms with van der Waals surface area (Å²) in [7, 11) is 2.89. The number of amides is 1. The summed E-state index contributed by atoms with van der Waals surface area (Å²) in [6, 6.07) is 7.33. The molecule has 1 aromatic rings. The van der Waals surface area contributed by atoms with Crippen LogP contribution in [0.2, 0.25) is 5.02 Å². The predicted octanol–water partition coefficient (Wildman–Crippen LogP) is 2.78. The summed E-state index contributed by atoms with van der Waals surface area (Å²) in [4.78, 5) is 25.3. The minimum Gasteiger partial charge on any atom is -0.469 e. The van der Waals surface area contributed by atoms with Gasteiger partial charge < -0.3 is 14.4 Å². The summed E-state index contributed by atoms with van der Waals surface area (Å²) in [6.45, 7) is 2.90. The van der Waals surface area contributed by atoms with Crippen LogP contribution in [0, 0.1) is 0 Å². The van der Waals surface area contributed by atoms with Crippen LogP contribution in [-0.2, 0) is 19.1 Å². The van der Waals surface area contributed by atoms with E-state index in [2.05, 4.69) is 4.74 Å². The van der Waals surface area contributed by atoms with Crippen molar-refractivity contribution in [1.82, 2.24) is 4.90 Å². The summed E-state index contributed by atoms with van der Waals surface area (Å²) in [5.74, 6) is -0.546. The van der Waals surface area contributed by atoms with Crippen molar-refractivity contribution in [3.63, 3.8) is 0 Å². The molecule has 0 saturated heterocycles. The quantitative estimate of drug-likeness (QED) is 0.540. The van der Waals surface area contributed by atoms with Crippen molar-refractivity contribution in [2.45, 2.75) is 13.3 Å². The third-order valence-corrected chi connectivity index (χ3v) is 3.66. The molecule has 0 saturated carbocycles. The molecule has 0 spiro atoms. The van der Waals surface area contributed by atoms with Gasteiger partial charge in [-0.25, -0.2) is 0 Å². The fourth-order valence-corrected chi connectivity index (χ4v) is 2.28. The van der Waals surface area contributed by atoms with Crippen molar-refractivity contribution in [1.29, 1.82) is 0 Å². The SMILES string of the molecule is COCCN(CCC(=O)OC)C(=O)C=C(C)c1ccccc1Cl. The average molecular weight is 340 g/mol. The van der Waals surface area contributed by atoms with Crippen LogP contribution in [-0.4, -0.2) is 50.7 Å². The first-order valence-electron chi connectivity index (χ1n) is 7.27. The normalized spacial score (nSPS) is 11.2. The Morgan fingerprint density at radius 1 is 1.22 bits per heavy atom. The number of halogens is 1. The Bertz CT molecular complexity index is 571. The third-order valence-electron chi connectivity index (χ3n) is 3.33. The zero-order valence-corrected chi connectivity index (χ0v) is 14.4. The smallest absolute Gasteiger partial charge is 0.307 e. The molecule has 0 fully saturated rings. The molecule has 0 bridgehead atoms. The lowest BCUT2D eigenvalue weighted by Gasteiger charge is -2.20. The van der Waals surface area contributed by atoms with Crippen molar-refractivity contribution >= 4 is 29.1 Å². The number of rotatable bonds is 8. The Balaban J connectivity index is 2.84. The zero-order chi connectivity index (χ0) is 17.2. The monoisotopic (exact) mass is 339 g/mol. The number of methoxy groups -OCH3 is 2. The van der Waals surface area contributed by atoms with Gasteiger partial charge in [0.25, 0.3) is 0 Å². The molecule has 0 aliphatic rings. The van der Waals surface area contributed by atoms with Crippen LogP contribution >= 0.6 is 11.6 Å². The van der Waals surface area contributed by atoms with Gasteiger partial charge >= 0.3 is 5.97 Å². The van der Waals surface area contributed by atoms with Crippen LogP contribution in [0.15, 0.2) is 30.3 Å². The van der Waals surface area contributed by atoms with Crippen LogP contribution in [0.25, 0.3) is 5.57 Å². The van der Waals surface area contributed by atoms with Gasteiger partial charge in [0.15, 0.2) is 0 Å². The van der Waals surface area contributed by atoms with Crippen LogP contribution in [0.1, 0.15) is 18.9 Å². The van der Waals surface area contributed by atoms with Gasteiger partial charge in [0, 0.05) is 31.3 Å². The molecule has 6 heteroatoms. The maximum atomic E-state index is 12.4. The standard InChI is InChI=1S/C17H22ClNO4/c1-13(14-6-4-5-7-15(14)18)12-16(20)19(10-11-22-2)9-8-17(21)23-3/h4-7,12H,8-11H2,1-3H3. The highest BCUT2D eigenvalue weighted by Crippen LogP contribution is 2.23. The summed E-state index contributed by atoms with van der Waals surface area (Å²) >= 11 is 6.14. The van der Waals surface area contributed by atoms with Crippen molar-refractivity contribution in [3.05, 3.63) is 40.9 Å². The number of nitrogens with zero attached hydrogens (tertiary/aromatic N) is 1. The Morgan fingerprint density at radius 3 is 2.52 bits per heavy atom. The fraction of sp³-hybridized carbons (Fsp3) is 0.412. The van der Waals surface area contributed by atoms with Gasteiger partial charge in [0.2, 0.25) is 5.91 Å². The maximum Gasteiger partial charge on any atom is 0.307 e. The summed E-state index contributed by atoms with van der Waals surface area (Å²) in [5, 5.41) is 0.590. The van der Waals surface area contributed by atoms with E-state index in [9.17, 15) is 9.59 Å². The van der Waals surface area contributed by atoms with Gasteiger partial charge in [-0.1, -0.05) is 29.8 Å². The number of ether oxygens (including phenoxy) is 2. The first kappa shape index (κ1) is 19.2. The van der Waals surface area contributed by atoms with E-state index in [1.54, 1.807) is 18.1 Å². The van der Waals surface area contributed by atoms with Crippen molar-refractivity contribution < 1.29 is 19.1 Å². The van der Waals surface area contributed by atoms with E-state index in [-0.39, 0.29) is 24.8 Å². The highest BCUT2D eigenvalue weighted by atomic mass is 35.5. The van der Waals surface area contributed by atoms with E-state index >= 15 is 0 Å². The fourth-order valence-electron chi connectivity index (χ4n) is 2.00. The van der Waals surface area contributed by atoms with Gasteiger partial charge in [0.05, 0.1) is 20.1 Å². The number of carbonyl (C=O) groups excluding carboxylic acids is 2. The van der Waals surface area contributed by atoms with Crippen LogP contribution in [0.3, 0.4) is 0 Å². The van der Waals surface area contributed by atoms with Gasteiger partial charge in [-0.3, -0.25) is 9.59 Å². The van der Waals surface area contributed by atoms with Gasteiger partial charge in [-0.2, -0.15) is 0 Å². The molecule has 5 nitrogen and oxygen atoms in total. The summed E-state index contributed by atoms with van der Waals surface area (Å²) in [6.07, 6.45) is 1.67. The molecule has 0 N–H and O–H groups in total. The van der Waals surface area contributed by atoms with E-state index in [0.29, 0.717) is 18.2 Å². The predicted molar refractivity (Wildman–Crippen MR) is 90.2 cm³/mol. The summed E-state index contributed by atoms with van der Waals surface area (Å²) in [5.41, 5.74) is 1.57. The second-order valence-electron chi connectivity index (χ2n) is 4.95. The first-order valence-corrected chi connectivity index (χ1v) is 7.65. The molecule has 1 aromatic carbocycles. The molecular formula is C17H22ClNO4. The van der Waals surface area contributed by atoms with Gasteiger partial charge in [-0.15, -0.1) is 0 Å². The number of carbonyl (C=O) groups is 2. The molecule has 0 aromatic heterocycles. The highest BCUT2D eigenvalue weighted by Gasteiger charge is 2.14. The number of benzene rings is 1. The lowest BCUT2D eigenvalue weighted by Crippen LogP contribution is -2.34. The molecule has 0 heterocycles. The molecule has 23 heavy (non-hydrogen) atoms. The molecule has 126 valence electrons. The molecule has 1 rings (SSSR count). The lowest BCUT2D eigenvalue weighted by atomic mass is 10.1. The lowest BCUT2D eigenvalue weighted by molar-refractivity contribution is -0.141. The second kappa shape index (κ2) is 10.0. The van der Waals surface area contributed by atoms with Gasteiger partial charge in [-0.05, 0) is 24.1 Å². The minimum atomic E-state index is -0.355. The molecule has 0 aliphatic heterocycles. The Morgan fingerprint density at radius 2 is 1.91 bits per heavy atom. The largest absolute Gasteiger partial charge is 0.469 e. The van der Waals surface area contributed by atoms with E-state index < -0.39 is 0 Å². The van der Waals surface area contributed by atoms with Crippen LogP contribution in [0.4, 0.5) is 0 Å². The minimum absolute atomic E-state index is 0.144. The van der Waals surface area contributed by atoms with Crippen LogP contribution in [0.5, 0.6) is 0 Å².